The first-order valence-electron chi connectivity index (χ1n) is 7.70. The topological polar surface area (TPSA) is 68.5 Å². The van der Waals surface area contributed by atoms with Crippen LogP contribution in [0.1, 0.15) is 29.1 Å². The number of aryl methyl sites for hydroxylation is 2. The number of carbonyl (C=O) groups is 2. The van der Waals surface area contributed by atoms with Gasteiger partial charge in [-0.05, 0) is 49.2 Å². The van der Waals surface area contributed by atoms with Gasteiger partial charge in [0, 0.05) is 18.2 Å². The first-order valence-corrected chi connectivity index (χ1v) is 7.70. The summed E-state index contributed by atoms with van der Waals surface area (Å²) in [7, 11) is 1.35. The van der Waals surface area contributed by atoms with Crippen LogP contribution >= 0.6 is 0 Å². The Hall–Kier alpha value is -2.82. The molecule has 0 bridgehead atoms. The molecule has 0 saturated carbocycles. The summed E-state index contributed by atoms with van der Waals surface area (Å²) in [6.07, 6.45) is 3.75. The summed E-state index contributed by atoms with van der Waals surface area (Å²) in [6.45, 7) is 3.97. The summed E-state index contributed by atoms with van der Waals surface area (Å²) in [5.41, 5.74) is 2.96. The van der Waals surface area contributed by atoms with Crippen LogP contribution in [-0.4, -0.2) is 19.0 Å². The lowest BCUT2D eigenvalue weighted by Gasteiger charge is -2.08. The van der Waals surface area contributed by atoms with Gasteiger partial charge in [0.05, 0.1) is 13.5 Å². The van der Waals surface area contributed by atoms with E-state index in [9.17, 15) is 9.59 Å². The molecule has 2 rings (SSSR count). The lowest BCUT2D eigenvalue weighted by Crippen LogP contribution is -2.09. The Labute approximate surface area is 141 Å². The molecule has 126 valence electrons. The van der Waals surface area contributed by atoms with Crippen molar-refractivity contribution in [2.75, 3.05) is 12.4 Å². The first-order chi connectivity index (χ1) is 11.5. The number of rotatable bonds is 6. The van der Waals surface area contributed by atoms with Crippen LogP contribution in [0.25, 0.3) is 6.08 Å². The fourth-order valence-corrected chi connectivity index (χ4v) is 2.16. The monoisotopic (exact) mass is 327 g/mol. The first kappa shape index (κ1) is 17.5. The largest absolute Gasteiger partial charge is 0.469 e. The highest BCUT2D eigenvalue weighted by molar-refractivity contribution is 6.02. The van der Waals surface area contributed by atoms with E-state index in [1.165, 1.54) is 13.2 Å². The Balaban J connectivity index is 1.93. The number of hydrogen-bond acceptors (Lipinski definition) is 4. The van der Waals surface area contributed by atoms with Crippen LogP contribution in [0.2, 0.25) is 0 Å². The van der Waals surface area contributed by atoms with E-state index >= 15 is 0 Å². The van der Waals surface area contributed by atoms with Crippen molar-refractivity contribution in [1.29, 1.82) is 0 Å². The van der Waals surface area contributed by atoms with Gasteiger partial charge in [0.15, 0.2) is 0 Å². The van der Waals surface area contributed by atoms with Gasteiger partial charge in [0.1, 0.15) is 11.5 Å². The lowest BCUT2D eigenvalue weighted by atomic mass is 10.1. The van der Waals surface area contributed by atoms with Crippen molar-refractivity contribution >= 4 is 23.6 Å². The zero-order chi connectivity index (χ0) is 17.5. The number of ether oxygens (including phenoxy) is 1. The summed E-state index contributed by atoms with van der Waals surface area (Å²) < 4.78 is 10.1. The van der Waals surface area contributed by atoms with Crippen LogP contribution in [0, 0.1) is 13.8 Å². The predicted molar refractivity (Wildman–Crippen MR) is 92.6 cm³/mol. The molecule has 0 aliphatic rings. The minimum absolute atomic E-state index is 0.226. The fourth-order valence-electron chi connectivity index (χ4n) is 2.16. The van der Waals surface area contributed by atoms with Crippen molar-refractivity contribution < 1.29 is 18.7 Å². The highest BCUT2D eigenvalue weighted by Crippen LogP contribution is 2.18. The number of furan rings is 1. The molecule has 5 nitrogen and oxygen atoms in total. The molecule has 0 spiro atoms. The molecular weight excluding hydrogens is 306 g/mol. The number of benzene rings is 1. The van der Waals surface area contributed by atoms with Crippen molar-refractivity contribution in [3.05, 3.63) is 59.1 Å². The Morgan fingerprint density at radius 2 is 2.00 bits per heavy atom. The quantitative estimate of drug-likeness (QED) is 0.649. The normalized spacial score (nSPS) is 10.8. The second kappa shape index (κ2) is 8.15. The minimum Gasteiger partial charge on any atom is -0.469 e. The van der Waals surface area contributed by atoms with Gasteiger partial charge in [-0.1, -0.05) is 12.1 Å². The van der Waals surface area contributed by atoms with Gasteiger partial charge in [-0.2, -0.15) is 0 Å². The highest BCUT2D eigenvalue weighted by Gasteiger charge is 2.06. The van der Waals surface area contributed by atoms with Gasteiger partial charge in [0.2, 0.25) is 5.91 Å². The van der Waals surface area contributed by atoms with Gasteiger partial charge >= 0.3 is 5.97 Å². The smallest absolute Gasteiger partial charge is 0.305 e. The average molecular weight is 327 g/mol. The molecule has 0 unspecified atom stereocenters. The summed E-state index contributed by atoms with van der Waals surface area (Å²) in [6, 6.07) is 9.31. The lowest BCUT2D eigenvalue weighted by molar-refractivity contribution is -0.140. The molecule has 1 heterocycles. The van der Waals surface area contributed by atoms with E-state index in [1.54, 1.807) is 18.2 Å². The van der Waals surface area contributed by atoms with E-state index in [0.29, 0.717) is 17.9 Å². The van der Waals surface area contributed by atoms with Gasteiger partial charge < -0.3 is 14.5 Å². The summed E-state index contributed by atoms with van der Waals surface area (Å²) >= 11 is 0. The predicted octanol–water partition coefficient (Wildman–Crippen LogP) is 3.65. The molecule has 0 saturated heterocycles. The SMILES string of the molecule is COC(=O)CCc1ccc(C=CC(=O)Nc2cccc(C)c2C)o1. The van der Waals surface area contributed by atoms with E-state index < -0.39 is 0 Å². The molecule has 1 N–H and O–H groups in total. The molecule has 1 amide bonds. The zero-order valence-corrected chi connectivity index (χ0v) is 14.1. The Morgan fingerprint density at radius 3 is 2.75 bits per heavy atom. The standard InChI is InChI=1S/C19H21NO4/c1-13-5-4-6-17(14(13)2)20-18(21)11-9-15-7-8-16(24-15)10-12-19(22)23-3/h4-9,11H,10,12H2,1-3H3,(H,20,21). The second-order valence-corrected chi connectivity index (χ2v) is 5.45. The van der Waals surface area contributed by atoms with Crippen molar-refractivity contribution in [1.82, 2.24) is 0 Å². The fraction of sp³-hybridized carbons (Fsp3) is 0.263. The molecule has 2 aromatic rings. The highest BCUT2D eigenvalue weighted by atomic mass is 16.5. The molecule has 0 aliphatic heterocycles. The average Bonchev–Trinajstić information content (AvgIpc) is 3.03. The summed E-state index contributed by atoms with van der Waals surface area (Å²) in [5.74, 6) is 0.730. The van der Waals surface area contributed by atoms with E-state index in [4.69, 9.17) is 4.42 Å². The molecule has 0 radical (unpaired) electrons. The number of hydrogen-bond donors (Lipinski definition) is 1. The third-order valence-electron chi connectivity index (χ3n) is 3.75. The van der Waals surface area contributed by atoms with Crippen molar-refractivity contribution in [2.24, 2.45) is 0 Å². The van der Waals surface area contributed by atoms with Gasteiger partial charge in [0.25, 0.3) is 0 Å². The third kappa shape index (κ3) is 4.84. The van der Waals surface area contributed by atoms with Crippen molar-refractivity contribution in [3.8, 4) is 0 Å². The van der Waals surface area contributed by atoms with Crippen molar-refractivity contribution in [3.63, 3.8) is 0 Å². The van der Waals surface area contributed by atoms with E-state index in [2.05, 4.69) is 10.1 Å². The van der Waals surface area contributed by atoms with E-state index in [-0.39, 0.29) is 18.3 Å². The van der Waals surface area contributed by atoms with Gasteiger partial charge in [-0.3, -0.25) is 9.59 Å². The van der Waals surface area contributed by atoms with Gasteiger partial charge in [-0.25, -0.2) is 0 Å². The van der Waals surface area contributed by atoms with Crippen LogP contribution in [0.15, 0.2) is 40.8 Å². The van der Waals surface area contributed by atoms with Gasteiger partial charge in [-0.15, -0.1) is 0 Å². The molecule has 0 fully saturated rings. The number of amides is 1. The summed E-state index contributed by atoms with van der Waals surface area (Å²) in [4.78, 5) is 23.1. The molecule has 0 aliphatic carbocycles. The molecular formula is C19H21NO4. The number of methoxy groups -OCH3 is 1. The van der Waals surface area contributed by atoms with Crippen LogP contribution in [-0.2, 0) is 20.7 Å². The number of carbonyl (C=O) groups excluding carboxylic acids is 2. The van der Waals surface area contributed by atoms with Crippen LogP contribution in [0.5, 0.6) is 0 Å². The number of esters is 1. The molecule has 1 aromatic carbocycles. The van der Waals surface area contributed by atoms with E-state index in [1.807, 2.05) is 32.0 Å². The maximum atomic E-state index is 12.0. The third-order valence-corrected chi connectivity index (χ3v) is 3.75. The maximum absolute atomic E-state index is 12.0. The zero-order valence-electron chi connectivity index (χ0n) is 14.1. The van der Waals surface area contributed by atoms with Crippen molar-refractivity contribution in [2.45, 2.75) is 26.7 Å². The molecule has 0 atom stereocenters. The molecule has 24 heavy (non-hydrogen) atoms. The minimum atomic E-state index is -0.281. The van der Waals surface area contributed by atoms with Crippen LogP contribution in [0.4, 0.5) is 5.69 Å². The van der Waals surface area contributed by atoms with E-state index in [0.717, 1.165) is 16.8 Å². The Bertz CT molecular complexity index is 758. The molecule has 5 heteroatoms. The number of anilines is 1. The summed E-state index contributed by atoms with van der Waals surface area (Å²) in [5, 5.41) is 2.85. The van der Waals surface area contributed by atoms with Crippen LogP contribution in [0.3, 0.4) is 0 Å². The van der Waals surface area contributed by atoms with Crippen LogP contribution < -0.4 is 5.32 Å². The Morgan fingerprint density at radius 1 is 1.21 bits per heavy atom. The number of nitrogens with one attached hydrogen (secondary N) is 1. The molecule has 1 aromatic heterocycles. The maximum Gasteiger partial charge on any atom is 0.305 e. The Kier molecular flexibility index (Phi) is 5.95. The second-order valence-electron chi connectivity index (χ2n) is 5.45.